The average molecular weight is 383 g/mol. The molecule has 2 heterocycles. The van der Waals surface area contributed by atoms with Gasteiger partial charge in [-0.15, -0.1) is 11.3 Å². The molecule has 3 rings (SSSR count). The molecule has 0 saturated carbocycles. The van der Waals surface area contributed by atoms with Crippen molar-refractivity contribution in [1.82, 2.24) is 4.31 Å². The lowest BCUT2D eigenvalue weighted by Gasteiger charge is -2.20. The zero-order valence-corrected chi connectivity index (χ0v) is 15.1. The van der Waals surface area contributed by atoms with E-state index in [-0.39, 0.29) is 18.0 Å². The fraction of sp³-hybridized carbons (Fsp3) is 0.375. The van der Waals surface area contributed by atoms with Crippen LogP contribution < -0.4 is 0 Å². The first-order valence-corrected chi connectivity index (χ1v) is 10.1. The molecule has 0 bridgehead atoms. The Balaban J connectivity index is 1.98. The van der Waals surface area contributed by atoms with Crippen molar-refractivity contribution in [2.45, 2.75) is 30.7 Å². The van der Waals surface area contributed by atoms with Crippen molar-refractivity contribution >= 4 is 43.4 Å². The van der Waals surface area contributed by atoms with Crippen LogP contribution in [0, 0.1) is 0 Å². The van der Waals surface area contributed by atoms with Gasteiger partial charge in [-0.2, -0.15) is 4.31 Å². The number of nitrogens with zero attached hydrogens (tertiary/aromatic N) is 1. The van der Waals surface area contributed by atoms with Crippen LogP contribution in [0.15, 0.2) is 29.2 Å². The Morgan fingerprint density at radius 1 is 1.36 bits per heavy atom. The fourth-order valence-electron chi connectivity index (χ4n) is 2.89. The number of fused-ring (bicyclic) bond motifs is 1. The molecule has 9 heteroatoms. The van der Waals surface area contributed by atoms with E-state index in [9.17, 15) is 23.1 Å². The number of hydrogen-bond acceptors (Lipinski definition) is 6. The minimum Gasteiger partial charge on any atom is -0.480 e. The average Bonchev–Trinajstić information content (AvgIpc) is 3.21. The van der Waals surface area contributed by atoms with Crippen LogP contribution in [0.2, 0.25) is 0 Å². The molecule has 1 aliphatic rings. The van der Waals surface area contributed by atoms with Gasteiger partial charge in [0.15, 0.2) is 0 Å². The SMILES string of the molecule is CCOC(=O)c1cc2cc(S(=O)(=O)N3CCC[C@H]3C(=O)O)ccc2s1. The maximum Gasteiger partial charge on any atom is 0.348 e. The van der Waals surface area contributed by atoms with Gasteiger partial charge >= 0.3 is 11.9 Å². The standard InChI is InChI=1S/C16H17NO6S2/c1-2-23-16(20)14-9-10-8-11(5-6-13(10)24-14)25(21,22)17-7-3-4-12(17)15(18)19/h5-6,8-9,12H,2-4,7H2,1H3,(H,18,19)/t12-/m0/s1. The smallest absolute Gasteiger partial charge is 0.348 e. The molecule has 1 saturated heterocycles. The third-order valence-electron chi connectivity index (χ3n) is 4.06. The van der Waals surface area contributed by atoms with Crippen molar-refractivity contribution in [2.75, 3.05) is 13.2 Å². The lowest BCUT2D eigenvalue weighted by molar-refractivity contribution is -0.140. The van der Waals surface area contributed by atoms with Gasteiger partial charge in [0.25, 0.3) is 0 Å². The van der Waals surface area contributed by atoms with Gasteiger partial charge in [-0.25, -0.2) is 13.2 Å². The third kappa shape index (κ3) is 3.26. The minimum atomic E-state index is -3.90. The molecule has 1 N–H and O–H groups in total. The second-order valence-corrected chi connectivity index (χ2v) is 8.62. The van der Waals surface area contributed by atoms with Crippen LogP contribution in [0.25, 0.3) is 10.1 Å². The van der Waals surface area contributed by atoms with E-state index >= 15 is 0 Å². The number of rotatable bonds is 5. The molecule has 25 heavy (non-hydrogen) atoms. The lowest BCUT2D eigenvalue weighted by Crippen LogP contribution is -2.40. The van der Waals surface area contributed by atoms with E-state index in [1.165, 1.54) is 23.5 Å². The van der Waals surface area contributed by atoms with Gasteiger partial charge in [0.2, 0.25) is 10.0 Å². The number of hydrogen-bond donors (Lipinski definition) is 1. The van der Waals surface area contributed by atoms with E-state index in [0.29, 0.717) is 23.1 Å². The molecule has 0 aliphatic carbocycles. The lowest BCUT2D eigenvalue weighted by atomic mass is 10.2. The van der Waals surface area contributed by atoms with Crippen molar-refractivity contribution in [1.29, 1.82) is 0 Å². The topological polar surface area (TPSA) is 101 Å². The Morgan fingerprint density at radius 3 is 2.80 bits per heavy atom. The number of esters is 1. The molecular weight excluding hydrogens is 366 g/mol. The Hall–Kier alpha value is -1.97. The number of carboxylic acids is 1. The summed E-state index contributed by atoms with van der Waals surface area (Å²) >= 11 is 1.23. The molecule has 0 radical (unpaired) electrons. The highest BCUT2D eigenvalue weighted by molar-refractivity contribution is 7.89. The molecule has 134 valence electrons. The summed E-state index contributed by atoms with van der Waals surface area (Å²) in [6.07, 6.45) is 0.826. The van der Waals surface area contributed by atoms with Crippen LogP contribution in [0.5, 0.6) is 0 Å². The molecule has 1 fully saturated rings. The molecule has 0 spiro atoms. The van der Waals surface area contributed by atoms with Crippen molar-refractivity contribution in [2.24, 2.45) is 0 Å². The number of ether oxygens (including phenoxy) is 1. The van der Waals surface area contributed by atoms with Crippen LogP contribution in [0.4, 0.5) is 0 Å². The molecular formula is C16H17NO6S2. The van der Waals surface area contributed by atoms with Gasteiger partial charge in [0.05, 0.1) is 11.5 Å². The zero-order valence-electron chi connectivity index (χ0n) is 13.5. The summed E-state index contributed by atoms with van der Waals surface area (Å²) < 4.78 is 32.4. The highest BCUT2D eigenvalue weighted by Gasteiger charge is 2.39. The van der Waals surface area contributed by atoms with Crippen molar-refractivity contribution < 1.29 is 27.9 Å². The summed E-state index contributed by atoms with van der Waals surface area (Å²) in [5.41, 5.74) is 0. The molecule has 7 nitrogen and oxygen atoms in total. The highest BCUT2D eigenvalue weighted by atomic mass is 32.2. The summed E-state index contributed by atoms with van der Waals surface area (Å²) in [6.45, 7) is 2.16. The summed E-state index contributed by atoms with van der Waals surface area (Å²) in [5, 5.41) is 9.84. The van der Waals surface area contributed by atoms with E-state index in [0.717, 1.165) is 9.01 Å². The first-order valence-electron chi connectivity index (χ1n) is 7.80. The summed E-state index contributed by atoms with van der Waals surface area (Å²) in [6, 6.07) is 5.11. The van der Waals surface area contributed by atoms with E-state index in [1.54, 1.807) is 19.1 Å². The van der Waals surface area contributed by atoms with E-state index < -0.39 is 28.0 Å². The number of sulfonamides is 1. The predicted molar refractivity (Wildman–Crippen MR) is 92.3 cm³/mol. The van der Waals surface area contributed by atoms with Gasteiger partial charge in [0.1, 0.15) is 10.9 Å². The normalized spacial score (nSPS) is 18.5. The van der Waals surface area contributed by atoms with Crippen LogP contribution in [0.3, 0.4) is 0 Å². The predicted octanol–water partition coefficient (Wildman–Crippen LogP) is 2.32. The number of benzene rings is 1. The summed E-state index contributed by atoms with van der Waals surface area (Å²) in [4.78, 5) is 23.5. The monoisotopic (exact) mass is 383 g/mol. The van der Waals surface area contributed by atoms with Gasteiger partial charge < -0.3 is 9.84 Å². The fourth-order valence-corrected chi connectivity index (χ4v) is 5.52. The maximum absolute atomic E-state index is 12.8. The van der Waals surface area contributed by atoms with Gasteiger partial charge in [-0.1, -0.05) is 0 Å². The molecule has 1 aliphatic heterocycles. The van der Waals surface area contributed by atoms with Crippen molar-refractivity contribution in [3.63, 3.8) is 0 Å². The van der Waals surface area contributed by atoms with Crippen LogP contribution in [-0.4, -0.2) is 49.0 Å². The number of carbonyl (C=O) groups excluding carboxylic acids is 1. The van der Waals surface area contributed by atoms with Crippen LogP contribution in [-0.2, 0) is 19.6 Å². The molecule has 0 unspecified atom stereocenters. The number of thiophene rings is 1. The van der Waals surface area contributed by atoms with E-state index in [4.69, 9.17) is 4.74 Å². The van der Waals surface area contributed by atoms with Gasteiger partial charge in [-0.05, 0) is 49.4 Å². The molecule has 2 aromatic rings. The quantitative estimate of drug-likeness (QED) is 0.795. The Morgan fingerprint density at radius 2 is 2.12 bits per heavy atom. The van der Waals surface area contributed by atoms with E-state index in [1.807, 2.05) is 0 Å². The summed E-state index contributed by atoms with van der Waals surface area (Å²) in [5.74, 6) is -1.58. The minimum absolute atomic E-state index is 0.0290. The first kappa shape index (κ1) is 17.8. The van der Waals surface area contributed by atoms with Crippen LogP contribution in [0.1, 0.15) is 29.4 Å². The van der Waals surface area contributed by atoms with Gasteiger partial charge in [0, 0.05) is 11.2 Å². The molecule has 0 amide bonds. The Kier molecular flexibility index (Phi) is 4.81. The molecule has 1 aromatic heterocycles. The zero-order chi connectivity index (χ0) is 18.2. The van der Waals surface area contributed by atoms with E-state index in [2.05, 4.69) is 0 Å². The maximum atomic E-state index is 12.8. The second-order valence-electron chi connectivity index (χ2n) is 5.64. The Bertz CT molecular complexity index is 933. The van der Waals surface area contributed by atoms with Gasteiger partial charge in [-0.3, -0.25) is 4.79 Å². The number of carbonyl (C=O) groups is 2. The highest BCUT2D eigenvalue weighted by Crippen LogP contribution is 2.31. The molecule has 1 aromatic carbocycles. The number of aliphatic carboxylic acids is 1. The van der Waals surface area contributed by atoms with Crippen molar-refractivity contribution in [3.8, 4) is 0 Å². The Labute approximate surface area is 148 Å². The van der Waals surface area contributed by atoms with Crippen LogP contribution >= 0.6 is 11.3 Å². The largest absolute Gasteiger partial charge is 0.480 e. The first-order chi connectivity index (χ1) is 11.8. The molecule has 1 atom stereocenters. The second kappa shape index (κ2) is 6.74. The third-order valence-corrected chi connectivity index (χ3v) is 7.06. The number of carboxylic acid groups (broad SMARTS) is 1. The van der Waals surface area contributed by atoms with Crippen molar-refractivity contribution in [3.05, 3.63) is 29.1 Å². The summed E-state index contributed by atoms with van der Waals surface area (Å²) in [7, 11) is -3.90.